The summed E-state index contributed by atoms with van der Waals surface area (Å²) in [6.07, 6.45) is 3.61. The predicted octanol–water partition coefficient (Wildman–Crippen LogP) is 3.57. The van der Waals surface area contributed by atoms with Crippen LogP contribution in [0.5, 0.6) is 0 Å². The van der Waals surface area contributed by atoms with Gasteiger partial charge in [0.25, 0.3) is 0 Å². The Labute approximate surface area is 179 Å². The van der Waals surface area contributed by atoms with Gasteiger partial charge >= 0.3 is 0 Å². The van der Waals surface area contributed by atoms with E-state index in [-0.39, 0.29) is 18.5 Å². The fourth-order valence-electron chi connectivity index (χ4n) is 3.89. The minimum Gasteiger partial charge on any atom is -0.371 e. The van der Waals surface area contributed by atoms with Gasteiger partial charge in [0.15, 0.2) is 0 Å². The lowest BCUT2D eigenvalue weighted by Crippen LogP contribution is -2.41. The van der Waals surface area contributed by atoms with E-state index in [0.717, 1.165) is 29.2 Å². The molecule has 7 heteroatoms. The van der Waals surface area contributed by atoms with Crippen molar-refractivity contribution in [2.75, 3.05) is 35.1 Å². The van der Waals surface area contributed by atoms with E-state index in [2.05, 4.69) is 29.3 Å². The molecule has 0 saturated carbocycles. The lowest BCUT2D eigenvalue weighted by molar-refractivity contribution is -0.120. The fourth-order valence-corrected chi connectivity index (χ4v) is 4.75. The fraction of sp³-hybridized carbons (Fsp3) is 0.435. The third-order valence-electron chi connectivity index (χ3n) is 5.52. The maximum atomic E-state index is 12.6. The molecule has 30 heavy (non-hydrogen) atoms. The van der Waals surface area contributed by atoms with Crippen molar-refractivity contribution in [3.05, 3.63) is 60.2 Å². The molecule has 3 rings (SSSR count). The average molecular weight is 430 g/mol. The first-order valence-corrected chi connectivity index (χ1v) is 12.3. The number of amides is 1. The van der Waals surface area contributed by atoms with Crippen molar-refractivity contribution < 1.29 is 13.2 Å². The predicted molar refractivity (Wildman–Crippen MR) is 122 cm³/mol. The van der Waals surface area contributed by atoms with Gasteiger partial charge in [-0.3, -0.25) is 9.10 Å². The zero-order chi connectivity index (χ0) is 21.7. The third kappa shape index (κ3) is 5.75. The number of piperidine rings is 1. The summed E-state index contributed by atoms with van der Waals surface area (Å²) in [5, 5.41) is 2.92. The number of hydrogen-bond donors (Lipinski definition) is 1. The summed E-state index contributed by atoms with van der Waals surface area (Å²) in [4.78, 5) is 15.0. The summed E-state index contributed by atoms with van der Waals surface area (Å²) in [6, 6.07) is 16.7. The Balaban J connectivity index is 1.63. The van der Waals surface area contributed by atoms with Crippen molar-refractivity contribution in [2.45, 2.75) is 32.7 Å². The maximum absolute atomic E-state index is 12.6. The molecule has 0 bridgehead atoms. The van der Waals surface area contributed by atoms with Gasteiger partial charge in [0, 0.05) is 18.8 Å². The van der Waals surface area contributed by atoms with Gasteiger partial charge in [-0.05, 0) is 55.5 Å². The van der Waals surface area contributed by atoms with Crippen LogP contribution in [0.15, 0.2) is 54.6 Å². The van der Waals surface area contributed by atoms with E-state index in [9.17, 15) is 13.2 Å². The van der Waals surface area contributed by atoms with E-state index >= 15 is 0 Å². The van der Waals surface area contributed by atoms with Gasteiger partial charge in [-0.1, -0.05) is 37.3 Å². The zero-order valence-corrected chi connectivity index (χ0v) is 18.7. The first kappa shape index (κ1) is 22.2. The molecule has 0 aliphatic carbocycles. The Hall–Kier alpha value is -2.54. The standard InChI is InChI=1S/C23H31N3O3S/c1-18-8-7-15-25(16-18)21-13-11-20(12-14-21)19(2)24-23(27)17-26(30(3,28)29)22-9-5-4-6-10-22/h4-6,9-14,18-19H,7-8,15-17H2,1-3H3,(H,24,27)/t18-,19+/m0/s1. The Morgan fingerprint density at radius 2 is 1.83 bits per heavy atom. The number of carbonyl (C=O) groups excluding carboxylic acids is 1. The second-order valence-electron chi connectivity index (χ2n) is 8.18. The van der Waals surface area contributed by atoms with Crippen LogP contribution in [0.2, 0.25) is 0 Å². The normalized spacial score (nSPS) is 18.0. The van der Waals surface area contributed by atoms with E-state index in [1.807, 2.05) is 19.1 Å². The molecule has 2 atom stereocenters. The Bertz CT molecular complexity index is 945. The van der Waals surface area contributed by atoms with Crippen LogP contribution in [0.3, 0.4) is 0 Å². The molecule has 162 valence electrons. The van der Waals surface area contributed by atoms with Crippen LogP contribution in [-0.4, -0.2) is 40.2 Å². The molecule has 2 aromatic carbocycles. The van der Waals surface area contributed by atoms with Gasteiger partial charge in [0.1, 0.15) is 6.54 Å². The van der Waals surface area contributed by atoms with Gasteiger partial charge in [-0.25, -0.2) is 8.42 Å². The van der Waals surface area contributed by atoms with Gasteiger partial charge in [-0.15, -0.1) is 0 Å². The van der Waals surface area contributed by atoms with Crippen molar-refractivity contribution >= 4 is 27.3 Å². The largest absolute Gasteiger partial charge is 0.371 e. The molecule has 0 unspecified atom stereocenters. The Morgan fingerprint density at radius 3 is 2.43 bits per heavy atom. The monoisotopic (exact) mass is 429 g/mol. The SMILES string of the molecule is C[C@H]1CCCN(c2ccc([C@@H](C)NC(=O)CN(c3ccccc3)S(C)(=O)=O)cc2)C1. The molecule has 2 aromatic rings. The molecule has 1 aliphatic heterocycles. The minimum atomic E-state index is -3.57. The van der Waals surface area contributed by atoms with Crippen molar-refractivity contribution in [1.82, 2.24) is 5.32 Å². The number of nitrogens with one attached hydrogen (secondary N) is 1. The molecular weight excluding hydrogens is 398 g/mol. The third-order valence-corrected chi connectivity index (χ3v) is 6.67. The van der Waals surface area contributed by atoms with Crippen molar-refractivity contribution in [3.8, 4) is 0 Å². The van der Waals surface area contributed by atoms with Crippen LogP contribution < -0.4 is 14.5 Å². The van der Waals surface area contributed by atoms with Crippen LogP contribution in [0.1, 0.15) is 38.3 Å². The van der Waals surface area contributed by atoms with Crippen LogP contribution in [-0.2, 0) is 14.8 Å². The van der Waals surface area contributed by atoms with E-state index in [0.29, 0.717) is 11.6 Å². The minimum absolute atomic E-state index is 0.219. The second-order valence-corrected chi connectivity index (χ2v) is 10.1. The van der Waals surface area contributed by atoms with E-state index in [1.54, 1.807) is 30.3 Å². The molecule has 1 amide bonds. The average Bonchev–Trinajstić information content (AvgIpc) is 2.72. The highest BCUT2D eigenvalue weighted by molar-refractivity contribution is 7.92. The summed E-state index contributed by atoms with van der Waals surface area (Å²) in [7, 11) is -3.57. The van der Waals surface area contributed by atoms with E-state index < -0.39 is 10.0 Å². The molecule has 0 aromatic heterocycles. The lowest BCUT2D eigenvalue weighted by atomic mass is 9.99. The number of hydrogen-bond acceptors (Lipinski definition) is 4. The number of para-hydroxylation sites is 1. The number of sulfonamides is 1. The Kier molecular flexibility index (Phi) is 7.02. The molecular formula is C23H31N3O3S. The first-order chi connectivity index (χ1) is 14.2. The van der Waals surface area contributed by atoms with Crippen LogP contribution in [0.4, 0.5) is 11.4 Å². The van der Waals surface area contributed by atoms with Gasteiger partial charge in [0.2, 0.25) is 15.9 Å². The molecule has 1 fully saturated rings. The number of nitrogens with zero attached hydrogens (tertiary/aromatic N) is 2. The summed E-state index contributed by atoms with van der Waals surface area (Å²) in [5.74, 6) is 0.366. The lowest BCUT2D eigenvalue weighted by Gasteiger charge is -2.33. The first-order valence-electron chi connectivity index (χ1n) is 10.4. The summed E-state index contributed by atoms with van der Waals surface area (Å²) in [5.41, 5.74) is 2.67. The topological polar surface area (TPSA) is 69.7 Å². The van der Waals surface area contributed by atoms with E-state index in [4.69, 9.17) is 0 Å². The highest BCUT2D eigenvalue weighted by Gasteiger charge is 2.22. The van der Waals surface area contributed by atoms with Crippen LogP contribution >= 0.6 is 0 Å². The molecule has 1 N–H and O–H groups in total. The smallest absolute Gasteiger partial charge is 0.241 e. The maximum Gasteiger partial charge on any atom is 0.241 e. The molecule has 6 nitrogen and oxygen atoms in total. The molecule has 1 saturated heterocycles. The number of rotatable bonds is 7. The second kappa shape index (κ2) is 9.51. The highest BCUT2D eigenvalue weighted by Crippen LogP contribution is 2.25. The van der Waals surface area contributed by atoms with Crippen molar-refractivity contribution in [1.29, 1.82) is 0 Å². The summed E-state index contributed by atoms with van der Waals surface area (Å²) in [6.45, 7) is 6.09. The summed E-state index contributed by atoms with van der Waals surface area (Å²) < 4.78 is 25.5. The van der Waals surface area contributed by atoms with Crippen LogP contribution in [0.25, 0.3) is 0 Å². The van der Waals surface area contributed by atoms with Crippen LogP contribution in [0, 0.1) is 5.92 Å². The molecule has 0 spiro atoms. The number of carbonyl (C=O) groups is 1. The number of anilines is 2. The quantitative estimate of drug-likeness (QED) is 0.731. The summed E-state index contributed by atoms with van der Waals surface area (Å²) >= 11 is 0. The van der Waals surface area contributed by atoms with Crippen molar-refractivity contribution in [3.63, 3.8) is 0 Å². The highest BCUT2D eigenvalue weighted by atomic mass is 32.2. The van der Waals surface area contributed by atoms with Gasteiger partial charge < -0.3 is 10.2 Å². The van der Waals surface area contributed by atoms with Gasteiger partial charge in [0.05, 0.1) is 18.0 Å². The zero-order valence-electron chi connectivity index (χ0n) is 17.9. The number of benzene rings is 2. The molecule has 1 heterocycles. The van der Waals surface area contributed by atoms with Gasteiger partial charge in [-0.2, -0.15) is 0 Å². The van der Waals surface area contributed by atoms with E-state index in [1.165, 1.54) is 18.5 Å². The molecule has 0 radical (unpaired) electrons. The molecule has 1 aliphatic rings. The Morgan fingerprint density at radius 1 is 1.17 bits per heavy atom. The van der Waals surface area contributed by atoms with Crippen molar-refractivity contribution in [2.24, 2.45) is 5.92 Å².